The molecule has 1 rings (SSSR count). The molecule has 0 bridgehead atoms. The third kappa shape index (κ3) is 4.28. The van der Waals surface area contributed by atoms with Crippen LogP contribution in [0.15, 0.2) is 24.3 Å². The van der Waals surface area contributed by atoms with Crippen molar-refractivity contribution in [1.29, 1.82) is 0 Å². The molecule has 4 nitrogen and oxygen atoms in total. The molecule has 0 fully saturated rings. The van der Waals surface area contributed by atoms with Gasteiger partial charge in [0.1, 0.15) is 5.82 Å². The monoisotopic (exact) mass is 281 g/mol. The number of carbonyl (C=O) groups excluding carboxylic acids is 1. The van der Waals surface area contributed by atoms with Gasteiger partial charge in [-0.15, -0.1) is 0 Å². The molecule has 1 aromatic carbocycles. The highest BCUT2D eigenvalue weighted by Gasteiger charge is 2.24. The number of halogens is 1. The summed E-state index contributed by atoms with van der Waals surface area (Å²) in [6.07, 6.45) is 0. The second-order valence-electron chi connectivity index (χ2n) is 5.31. The van der Waals surface area contributed by atoms with Gasteiger partial charge in [-0.2, -0.15) is 0 Å². The number of nitrogens with one attached hydrogen (secondary N) is 1. The van der Waals surface area contributed by atoms with Gasteiger partial charge in [-0.25, -0.2) is 4.39 Å². The van der Waals surface area contributed by atoms with Crippen LogP contribution in [0.4, 0.5) is 4.39 Å². The van der Waals surface area contributed by atoms with Gasteiger partial charge in [-0.05, 0) is 31.7 Å². The Labute approximate surface area is 120 Å². The minimum Gasteiger partial charge on any atom is -0.359 e. The highest BCUT2D eigenvalue weighted by molar-refractivity contribution is 5.78. The first-order chi connectivity index (χ1) is 9.36. The maximum absolute atomic E-state index is 13.0. The van der Waals surface area contributed by atoms with Crippen LogP contribution >= 0.6 is 0 Å². The average molecular weight is 281 g/mol. The summed E-state index contributed by atoms with van der Waals surface area (Å²) < 4.78 is 13.0. The standard InChI is InChI=1S/C15H24FN3O/c1-10(15(20)18-3)9-19(4)14(11(2)17)12-5-7-13(16)8-6-12/h5-8,10-11,14H,9,17H2,1-4H3,(H,18,20). The molecule has 3 N–H and O–H groups in total. The third-order valence-electron chi connectivity index (χ3n) is 3.44. The van der Waals surface area contributed by atoms with E-state index in [-0.39, 0.29) is 29.7 Å². The molecule has 3 unspecified atom stereocenters. The van der Waals surface area contributed by atoms with Crippen molar-refractivity contribution in [2.45, 2.75) is 25.9 Å². The molecular formula is C15H24FN3O. The van der Waals surface area contributed by atoms with Crippen molar-refractivity contribution in [2.24, 2.45) is 11.7 Å². The van der Waals surface area contributed by atoms with E-state index in [1.54, 1.807) is 19.2 Å². The fourth-order valence-corrected chi connectivity index (χ4v) is 2.49. The van der Waals surface area contributed by atoms with Crippen LogP contribution in [0.25, 0.3) is 0 Å². The lowest BCUT2D eigenvalue weighted by atomic mass is 9.98. The Morgan fingerprint density at radius 1 is 1.35 bits per heavy atom. The summed E-state index contributed by atoms with van der Waals surface area (Å²) in [5.74, 6) is -0.398. The third-order valence-corrected chi connectivity index (χ3v) is 3.44. The number of likely N-dealkylation sites (N-methyl/N-ethyl adjacent to an activating group) is 1. The van der Waals surface area contributed by atoms with Gasteiger partial charge in [-0.3, -0.25) is 9.69 Å². The second-order valence-corrected chi connectivity index (χ2v) is 5.31. The average Bonchev–Trinajstić information content (AvgIpc) is 2.39. The maximum Gasteiger partial charge on any atom is 0.223 e. The Balaban J connectivity index is 2.85. The van der Waals surface area contributed by atoms with Crippen molar-refractivity contribution in [3.63, 3.8) is 0 Å². The number of hydrogen-bond acceptors (Lipinski definition) is 3. The number of nitrogens with zero attached hydrogens (tertiary/aromatic N) is 1. The van der Waals surface area contributed by atoms with Crippen molar-refractivity contribution in [2.75, 3.05) is 20.6 Å². The van der Waals surface area contributed by atoms with Gasteiger partial charge in [0.25, 0.3) is 0 Å². The Kier molecular flexibility index (Phi) is 6.10. The van der Waals surface area contributed by atoms with Crippen LogP contribution in [0.3, 0.4) is 0 Å². The van der Waals surface area contributed by atoms with Crippen molar-refractivity contribution in [1.82, 2.24) is 10.2 Å². The summed E-state index contributed by atoms with van der Waals surface area (Å²) >= 11 is 0. The zero-order valence-electron chi connectivity index (χ0n) is 12.6. The minimum atomic E-state index is -0.265. The Morgan fingerprint density at radius 2 is 1.90 bits per heavy atom. The molecule has 0 aromatic heterocycles. The zero-order chi connectivity index (χ0) is 15.3. The van der Waals surface area contributed by atoms with Crippen molar-refractivity contribution >= 4 is 5.91 Å². The summed E-state index contributed by atoms with van der Waals surface area (Å²) in [5, 5.41) is 2.64. The summed E-state index contributed by atoms with van der Waals surface area (Å²) in [7, 11) is 3.55. The van der Waals surface area contributed by atoms with E-state index in [1.807, 2.05) is 25.8 Å². The molecule has 0 radical (unpaired) electrons. The normalized spacial score (nSPS) is 15.8. The lowest BCUT2D eigenvalue weighted by molar-refractivity contribution is -0.124. The quantitative estimate of drug-likeness (QED) is 0.831. The van der Waals surface area contributed by atoms with Crippen LogP contribution in [-0.4, -0.2) is 37.5 Å². The molecule has 0 saturated heterocycles. The number of hydrogen-bond donors (Lipinski definition) is 2. The van der Waals surface area contributed by atoms with Crippen LogP contribution < -0.4 is 11.1 Å². The molecule has 0 aliphatic heterocycles. The Morgan fingerprint density at radius 3 is 2.35 bits per heavy atom. The molecule has 1 aromatic rings. The van der Waals surface area contributed by atoms with Gasteiger partial charge in [0.05, 0.1) is 0 Å². The molecule has 3 atom stereocenters. The van der Waals surface area contributed by atoms with Gasteiger partial charge >= 0.3 is 0 Å². The topological polar surface area (TPSA) is 58.4 Å². The van der Waals surface area contributed by atoms with E-state index in [4.69, 9.17) is 5.73 Å². The predicted molar refractivity (Wildman–Crippen MR) is 78.7 cm³/mol. The molecule has 0 aliphatic rings. The number of benzene rings is 1. The smallest absolute Gasteiger partial charge is 0.223 e. The van der Waals surface area contributed by atoms with E-state index in [0.29, 0.717) is 6.54 Å². The van der Waals surface area contributed by atoms with Gasteiger partial charge in [0, 0.05) is 31.6 Å². The second kappa shape index (κ2) is 7.36. The Bertz CT molecular complexity index is 433. The number of amides is 1. The number of rotatable bonds is 6. The van der Waals surface area contributed by atoms with Crippen molar-refractivity contribution < 1.29 is 9.18 Å². The van der Waals surface area contributed by atoms with E-state index in [2.05, 4.69) is 5.32 Å². The lowest BCUT2D eigenvalue weighted by Gasteiger charge is -2.33. The van der Waals surface area contributed by atoms with E-state index >= 15 is 0 Å². The highest BCUT2D eigenvalue weighted by atomic mass is 19.1. The summed E-state index contributed by atoms with van der Waals surface area (Å²) in [4.78, 5) is 13.6. The summed E-state index contributed by atoms with van der Waals surface area (Å²) in [5.41, 5.74) is 7.01. The molecule has 0 saturated carbocycles. The molecule has 5 heteroatoms. The summed E-state index contributed by atoms with van der Waals surface area (Å²) in [6.45, 7) is 4.37. The number of carbonyl (C=O) groups is 1. The maximum atomic E-state index is 13.0. The first kappa shape index (κ1) is 16.6. The van der Waals surface area contributed by atoms with E-state index in [0.717, 1.165) is 5.56 Å². The molecule has 0 aliphatic carbocycles. The van der Waals surface area contributed by atoms with Crippen LogP contribution in [0.2, 0.25) is 0 Å². The van der Waals surface area contributed by atoms with Gasteiger partial charge in [0.2, 0.25) is 5.91 Å². The predicted octanol–water partition coefficient (Wildman–Crippen LogP) is 1.53. The molecule has 112 valence electrons. The first-order valence-electron chi connectivity index (χ1n) is 6.79. The Hall–Kier alpha value is -1.46. The van der Waals surface area contributed by atoms with Crippen LogP contribution in [0.5, 0.6) is 0 Å². The molecule has 0 heterocycles. The molecule has 20 heavy (non-hydrogen) atoms. The van der Waals surface area contributed by atoms with Crippen LogP contribution in [0.1, 0.15) is 25.5 Å². The fourth-order valence-electron chi connectivity index (χ4n) is 2.49. The lowest BCUT2D eigenvalue weighted by Crippen LogP contribution is -2.41. The van der Waals surface area contributed by atoms with Gasteiger partial charge < -0.3 is 11.1 Å². The minimum absolute atomic E-state index is 0.000574. The van der Waals surface area contributed by atoms with E-state index in [1.165, 1.54) is 12.1 Å². The largest absolute Gasteiger partial charge is 0.359 e. The van der Waals surface area contributed by atoms with Crippen molar-refractivity contribution in [3.8, 4) is 0 Å². The highest BCUT2D eigenvalue weighted by Crippen LogP contribution is 2.23. The van der Waals surface area contributed by atoms with Gasteiger partial charge in [-0.1, -0.05) is 19.1 Å². The molecule has 1 amide bonds. The number of nitrogens with two attached hydrogens (primary N) is 1. The SMILES string of the molecule is CNC(=O)C(C)CN(C)C(c1ccc(F)cc1)C(C)N. The van der Waals surface area contributed by atoms with E-state index < -0.39 is 0 Å². The summed E-state index contributed by atoms with van der Waals surface area (Å²) in [6, 6.07) is 6.17. The van der Waals surface area contributed by atoms with Crippen LogP contribution in [-0.2, 0) is 4.79 Å². The fraction of sp³-hybridized carbons (Fsp3) is 0.533. The van der Waals surface area contributed by atoms with Crippen LogP contribution in [0, 0.1) is 11.7 Å². The van der Waals surface area contributed by atoms with Crippen molar-refractivity contribution in [3.05, 3.63) is 35.6 Å². The van der Waals surface area contributed by atoms with E-state index in [9.17, 15) is 9.18 Å². The molecular weight excluding hydrogens is 257 g/mol. The molecule has 0 spiro atoms. The zero-order valence-corrected chi connectivity index (χ0v) is 12.6. The first-order valence-corrected chi connectivity index (χ1v) is 6.79. The van der Waals surface area contributed by atoms with Gasteiger partial charge in [0.15, 0.2) is 0 Å².